The molecule has 0 saturated carbocycles. The quantitative estimate of drug-likeness (QED) is 0.794. The van der Waals surface area contributed by atoms with E-state index in [-0.39, 0.29) is 10.8 Å². The highest BCUT2D eigenvalue weighted by atomic mass is 16.2. The van der Waals surface area contributed by atoms with Crippen LogP contribution >= 0.6 is 0 Å². The molecule has 152 valence electrons. The van der Waals surface area contributed by atoms with Gasteiger partial charge in [0.15, 0.2) is 0 Å². The first kappa shape index (κ1) is 18.5. The summed E-state index contributed by atoms with van der Waals surface area (Å²) in [5.74, 6) is 1.07. The lowest BCUT2D eigenvalue weighted by Crippen LogP contribution is -2.52. The number of piperidine rings is 1. The number of pyridine rings is 1. The van der Waals surface area contributed by atoms with Crippen LogP contribution in [0, 0.1) is 10.8 Å². The van der Waals surface area contributed by atoms with E-state index in [9.17, 15) is 4.79 Å². The number of carbonyl (C=O) groups is 1. The van der Waals surface area contributed by atoms with Gasteiger partial charge in [0.25, 0.3) is 0 Å². The van der Waals surface area contributed by atoms with Crippen molar-refractivity contribution in [2.75, 3.05) is 44.7 Å². The number of rotatable bonds is 3. The Labute approximate surface area is 171 Å². The third kappa shape index (κ3) is 2.99. The molecule has 5 heterocycles. The molecule has 3 aliphatic heterocycles. The second-order valence-corrected chi connectivity index (χ2v) is 8.88. The van der Waals surface area contributed by atoms with Gasteiger partial charge in [0.05, 0.1) is 5.41 Å². The minimum atomic E-state index is -0.304. The van der Waals surface area contributed by atoms with Crippen LogP contribution in [0.15, 0.2) is 43.0 Å². The Balaban J connectivity index is 1.39. The van der Waals surface area contributed by atoms with Gasteiger partial charge in [0.2, 0.25) is 11.9 Å². The van der Waals surface area contributed by atoms with Crippen molar-refractivity contribution in [2.24, 2.45) is 10.8 Å². The van der Waals surface area contributed by atoms with Gasteiger partial charge in [-0.15, -0.1) is 0 Å². The molecular weight excluding hydrogens is 364 g/mol. The topological polar surface area (TPSA) is 65.5 Å². The predicted molar refractivity (Wildman–Crippen MR) is 110 cm³/mol. The number of carbonyl (C=O) groups excluding carboxylic acids is 1. The molecule has 0 bridgehead atoms. The molecule has 29 heavy (non-hydrogen) atoms. The predicted octanol–water partition coefficient (Wildman–Crippen LogP) is 1.82. The largest absolute Gasteiger partial charge is 0.345 e. The number of hydrogen-bond acceptors (Lipinski definition) is 6. The lowest BCUT2D eigenvalue weighted by atomic mass is 9.60. The van der Waals surface area contributed by atoms with Gasteiger partial charge in [-0.2, -0.15) is 0 Å². The number of likely N-dealkylation sites (tertiary alicyclic amines) is 2. The van der Waals surface area contributed by atoms with E-state index in [0.717, 1.165) is 64.5 Å². The van der Waals surface area contributed by atoms with Gasteiger partial charge in [-0.1, -0.05) is 6.07 Å². The van der Waals surface area contributed by atoms with E-state index in [0.29, 0.717) is 5.91 Å². The number of fused-ring (bicyclic) bond motifs is 1. The molecule has 3 fully saturated rings. The summed E-state index contributed by atoms with van der Waals surface area (Å²) in [6.07, 6.45) is 10.4. The summed E-state index contributed by atoms with van der Waals surface area (Å²) in [7, 11) is 1.95. The van der Waals surface area contributed by atoms with Crippen LogP contribution in [0.25, 0.3) is 0 Å². The maximum Gasteiger partial charge on any atom is 0.231 e. The minimum Gasteiger partial charge on any atom is -0.345 e. The van der Waals surface area contributed by atoms with E-state index < -0.39 is 0 Å². The summed E-state index contributed by atoms with van der Waals surface area (Å²) >= 11 is 0. The van der Waals surface area contributed by atoms with Gasteiger partial charge in [0, 0.05) is 63.4 Å². The van der Waals surface area contributed by atoms with E-state index in [2.05, 4.69) is 30.8 Å². The third-order valence-electron chi connectivity index (χ3n) is 7.38. The van der Waals surface area contributed by atoms with Crippen LogP contribution in [0.1, 0.15) is 24.8 Å². The lowest BCUT2D eigenvalue weighted by molar-refractivity contribution is -0.141. The average Bonchev–Trinajstić information content (AvgIpc) is 3.24. The van der Waals surface area contributed by atoms with Gasteiger partial charge in [0.1, 0.15) is 0 Å². The molecule has 0 radical (unpaired) electrons. The Morgan fingerprint density at radius 1 is 1.00 bits per heavy atom. The Hall–Kier alpha value is -2.54. The van der Waals surface area contributed by atoms with E-state index in [1.807, 2.05) is 36.5 Å². The van der Waals surface area contributed by atoms with E-state index >= 15 is 0 Å². The van der Waals surface area contributed by atoms with Gasteiger partial charge in [-0.05, 0) is 50.0 Å². The average molecular weight is 393 g/mol. The van der Waals surface area contributed by atoms with Gasteiger partial charge >= 0.3 is 0 Å². The van der Waals surface area contributed by atoms with Crippen molar-refractivity contribution < 1.29 is 4.79 Å². The van der Waals surface area contributed by atoms with Crippen LogP contribution in [0.3, 0.4) is 0 Å². The van der Waals surface area contributed by atoms with Crippen molar-refractivity contribution in [3.05, 3.63) is 48.5 Å². The second kappa shape index (κ2) is 7.06. The highest BCUT2D eigenvalue weighted by Gasteiger charge is 2.65. The molecular formula is C22H28N6O. The molecule has 3 saturated heterocycles. The van der Waals surface area contributed by atoms with E-state index in [1.54, 1.807) is 12.4 Å². The second-order valence-electron chi connectivity index (χ2n) is 8.88. The number of aromatic nitrogens is 3. The van der Waals surface area contributed by atoms with E-state index in [1.165, 1.54) is 5.56 Å². The monoisotopic (exact) mass is 392 g/mol. The smallest absolute Gasteiger partial charge is 0.231 e. The molecule has 5 rings (SSSR count). The number of amides is 1. The Bertz CT molecular complexity index is 867. The van der Waals surface area contributed by atoms with Crippen molar-refractivity contribution in [1.29, 1.82) is 0 Å². The molecule has 0 unspecified atom stereocenters. The summed E-state index contributed by atoms with van der Waals surface area (Å²) in [6, 6.07) is 5.98. The van der Waals surface area contributed by atoms with Crippen molar-refractivity contribution in [2.45, 2.75) is 25.8 Å². The Morgan fingerprint density at radius 3 is 2.45 bits per heavy atom. The molecule has 0 N–H and O–H groups in total. The van der Waals surface area contributed by atoms with Crippen molar-refractivity contribution in [1.82, 2.24) is 24.8 Å². The zero-order chi connectivity index (χ0) is 19.9. The molecule has 0 aliphatic carbocycles. The third-order valence-corrected chi connectivity index (χ3v) is 7.38. The van der Waals surface area contributed by atoms with Crippen molar-refractivity contribution in [3.8, 4) is 0 Å². The summed E-state index contributed by atoms with van der Waals surface area (Å²) < 4.78 is 0. The number of hydrogen-bond donors (Lipinski definition) is 0. The molecule has 7 nitrogen and oxygen atoms in total. The van der Waals surface area contributed by atoms with E-state index in [4.69, 9.17) is 0 Å². The fourth-order valence-corrected chi connectivity index (χ4v) is 5.76. The summed E-state index contributed by atoms with van der Waals surface area (Å²) in [4.78, 5) is 33.3. The highest BCUT2D eigenvalue weighted by Crippen LogP contribution is 2.58. The van der Waals surface area contributed by atoms with Crippen molar-refractivity contribution >= 4 is 11.9 Å². The highest BCUT2D eigenvalue weighted by molar-refractivity contribution is 5.87. The van der Waals surface area contributed by atoms with Crippen LogP contribution in [-0.4, -0.2) is 70.4 Å². The molecule has 2 aromatic rings. The molecule has 1 amide bonds. The molecule has 2 aromatic heterocycles. The fourth-order valence-electron chi connectivity index (χ4n) is 5.76. The maximum atomic E-state index is 13.4. The van der Waals surface area contributed by atoms with Crippen molar-refractivity contribution in [3.63, 3.8) is 0 Å². The zero-order valence-electron chi connectivity index (χ0n) is 17.0. The van der Waals surface area contributed by atoms with Crippen LogP contribution in [0.4, 0.5) is 5.95 Å². The van der Waals surface area contributed by atoms with Crippen LogP contribution in [0.2, 0.25) is 0 Å². The van der Waals surface area contributed by atoms with Gasteiger partial charge in [-0.3, -0.25) is 14.7 Å². The lowest BCUT2D eigenvalue weighted by Gasteiger charge is -2.46. The normalized spacial score (nSPS) is 26.7. The maximum absolute atomic E-state index is 13.4. The van der Waals surface area contributed by atoms with Crippen LogP contribution in [-0.2, 0) is 11.3 Å². The SMILES string of the molecule is CN1CC[C@@]2(CN(c3ncccn3)CC23CCN(Cc2cccnc2)CC3)C1=O. The summed E-state index contributed by atoms with van der Waals surface area (Å²) in [5, 5.41) is 0. The zero-order valence-corrected chi connectivity index (χ0v) is 17.0. The van der Waals surface area contributed by atoms with Crippen LogP contribution < -0.4 is 4.90 Å². The first-order chi connectivity index (χ1) is 14.1. The first-order valence-corrected chi connectivity index (χ1v) is 10.5. The number of anilines is 1. The standard InChI is InChI=1S/C22H28N6O/c1-26-11-7-22(19(26)29)17-28(20-24-9-3-10-25-20)16-21(22)5-12-27(13-6-21)15-18-4-2-8-23-14-18/h2-4,8-10,14H,5-7,11-13,15-17H2,1H3/t22-/m1/s1. The van der Waals surface area contributed by atoms with Gasteiger partial charge < -0.3 is 9.80 Å². The molecule has 7 heteroatoms. The molecule has 2 spiro atoms. The Kier molecular flexibility index (Phi) is 4.50. The van der Waals surface area contributed by atoms with Crippen LogP contribution in [0.5, 0.6) is 0 Å². The minimum absolute atomic E-state index is 0.000513. The Morgan fingerprint density at radius 2 is 1.79 bits per heavy atom. The first-order valence-electron chi connectivity index (χ1n) is 10.5. The number of nitrogens with zero attached hydrogens (tertiary/aromatic N) is 6. The fraction of sp³-hybridized carbons (Fsp3) is 0.545. The summed E-state index contributed by atoms with van der Waals surface area (Å²) in [5.41, 5.74) is 0.946. The molecule has 1 atom stereocenters. The molecule has 3 aliphatic rings. The summed E-state index contributed by atoms with van der Waals surface area (Å²) in [6.45, 7) is 5.41. The van der Waals surface area contributed by atoms with Gasteiger partial charge in [-0.25, -0.2) is 9.97 Å². The molecule has 0 aromatic carbocycles.